The highest BCUT2D eigenvalue weighted by Crippen LogP contribution is 2.31. The van der Waals surface area contributed by atoms with Gasteiger partial charge in [-0.2, -0.15) is 0 Å². The van der Waals surface area contributed by atoms with E-state index in [1.165, 1.54) is 6.08 Å². The second-order valence-corrected chi connectivity index (χ2v) is 4.91. The summed E-state index contributed by atoms with van der Waals surface area (Å²) in [4.78, 5) is 25.1. The molecule has 1 aliphatic carbocycles. The molecule has 2 rings (SSSR count). The molecule has 18 heavy (non-hydrogen) atoms. The van der Waals surface area contributed by atoms with Crippen LogP contribution in [0.3, 0.4) is 0 Å². The monoisotopic (exact) mass is 252 g/mol. The van der Waals surface area contributed by atoms with E-state index < -0.39 is 6.09 Å². The van der Waals surface area contributed by atoms with Gasteiger partial charge in [-0.25, -0.2) is 4.79 Å². The predicted molar refractivity (Wildman–Crippen MR) is 67.0 cm³/mol. The van der Waals surface area contributed by atoms with E-state index in [0.717, 1.165) is 38.8 Å². The number of likely N-dealkylation sites (tertiary alicyclic amines) is 1. The van der Waals surface area contributed by atoms with Crippen LogP contribution in [0.4, 0.5) is 4.79 Å². The molecule has 2 amide bonds. The molecule has 0 bridgehead atoms. The average Bonchev–Trinajstić information content (AvgIpc) is 3.21. The number of alkyl carbamates (subject to hydrolysis) is 1. The summed E-state index contributed by atoms with van der Waals surface area (Å²) in [5, 5.41) is 2.81. The second-order valence-electron chi connectivity index (χ2n) is 4.91. The highest BCUT2D eigenvalue weighted by atomic mass is 16.5. The minimum absolute atomic E-state index is 0.116. The Labute approximate surface area is 107 Å². The molecule has 1 heterocycles. The van der Waals surface area contributed by atoms with Gasteiger partial charge in [0.1, 0.15) is 6.61 Å². The van der Waals surface area contributed by atoms with Crippen LogP contribution in [0.15, 0.2) is 12.7 Å². The van der Waals surface area contributed by atoms with E-state index >= 15 is 0 Å². The molecule has 0 aromatic carbocycles. The zero-order chi connectivity index (χ0) is 13.0. The summed E-state index contributed by atoms with van der Waals surface area (Å²) < 4.78 is 4.87. The van der Waals surface area contributed by atoms with Crippen LogP contribution < -0.4 is 5.32 Å². The number of rotatable bonds is 4. The Morgan fingerprint density at radius 2 is 1.94 bits per heavy atom. The van der Waals surface area contributed by atoms with E-state index in [1.54, 1.807) is 0 Å². The molecule has 1 saturated heterocycles. The minimum atomic E-state index is -0.401. The molecule has 0 spiro atoms. The van der Waals surface area contributed by atoms with E-state index in [9.17, 15) is 9.59 Å². The summed E-state index contributed by atoms with van der Waals surface area (Å²) in [5.41, 5.74) is 0. The van der Waals surface area contributed by atoms with Gasteiger partial charge in [-0.1, -0.05) is 12.7 Å². The lowest BCUT2D eigenvalue weighted by Crippen LogP contribution is -2.47. The summed E-state index contributed by atoms with van der Waals surface area (Å²) in [5.74, 6) is 0.578. The first-order chi connectivity index (χ1) is 8.70. The number of carbonyl (C=O) groups is 2. The smallest absolute Gasteiger partial charge is 0.407 e. The molecular formula is C13H20N2O3. The molecule has 5 nitrogen and oxygen atoms in total. The summed E-state index contributed by atoms with van der Waals surface area (Å²) >= 11 is 0. The van der Waals surface area contributed by atoms with Crippen molar-refractivity contribution in [3.05, 3.63) is 12.7 Å². The topological polar surface area (TPSA) is 58.6 Å². The van der Waals surface area contributed by atoms with Crippen molar-refractivity contribution in [2.24, 2.45) is 5.92 Å². The van der Waals surface area contributed by atoms with Gasteiger partial charge in [0, 0.05) is 25.0 Å². The number of hydrogen-bond acceptors (Lipinski definition) is 3. The van der Waals surface area contributed by atoms with E-state index in [4.69, 9.17) is 4.74 Å². The number of carbonyl (C=O) groups excluding carboxylic acids is 2. The van der Waals surface area contributed by atoms with Gasteiger partial charge in [0.15, 0.2) is 0 Å². The predicted octanol–water partition coefficient (Wildman–Crippen LogP) is 1.30. The Bertz CT molecular complexity index is 331. The van der Waals surface area contributed by atoms with Crippen LogP contribution in [0.2, 0.25) is 0 Å². The molecule has 0 radical (unpaired) electrons. The lowest BCUT2D eigenvalue weighted by atomic mass is 10.0. The lowest BCUT2D eigenvalue weighted by Gasteiger charge is -2.32. The zero-order valence-corrected chi connectivity index (χ0v) is 10.6. The summed E-state index contributed by atoms with van der Waals surface area (Å²) in [6.45, 7) is 5.18. The number of piperidine rings is 1. The van der Waals surface area contributed by atoms with E-state index in [2.05, 4.69) is 11.9 Å². The van der Waals surface area contributed by atoms with Crippen molar-refractivity contribution in [1.29, 1.82) is 0 Å². The van der Waals surface area contributed by atoms with E-state index in [0.29, 0.717) is 5.91 Å². The normalized spacial score (nSPS) is 20.3. The fourth-order valence-electron chi connectivity index (χ4n) is 2.18. The molecule has 0 unspecified atom stereocenters. The minimum Gasteiger partial charge on any atom is -0.445 e. The molecule has 0 atom stereocenters. The van der Waals surface area contributed by atoms with Crippen LogP contribution in [-0.4, -0.2) is 42.6 Å². The van der Waals surface area contributed by atoms with Crippen molar-refractivity contribution in [2.75, 3.05) is 19.7 Å². The van der Waals surface area contributed by atoms with E-state index in [-0.39, 0.29) is 18.6 Å². The second kappa shape index (κ2) is 5.89. The van der Waals surface area contributed by atoms with Crippen molar-refractivity contribution in [1.82, 2.24) is 10.2 Å². The molecule has 1 saturated carbocycles. The number of hydrogen-bond donors (Lipinski definition) is 1. The zero-order valence-electron chi connectivity index (χ0n) is 10.6. The van der Waals surface area contributed by atoms with Gasteiger partial charge in [-0.15, -0.1) is 0 Å². The number of nitrogens with zero attached hydrogens (tertiary/aromatic N) is 1. The quantitative estimate of drug-likeness (QED) is 0.767. The molecule has 2 aliphatic rings. The van der Waals surface area contributed by atoms with Crippen molar-refractivity contribution in [2.45, 2.75) is 31.7 Å². The molecule has 0 aromatic rings. The molecule has 1 aliphatic heterocycles. The van der Waals surface area contributed by atoms with E-state index in [1.807, 2.05) is 4.90 Å². The molecule has 2 fully saturated rings. The summed E-state index contributed by atoms with van der Waals surface area (Å²) in [6.07, 6.45) is 4.84. The van der Waals surface area contributed by atoms with Crippen molar-refractivity contribution in [3.63, 3.8) is 0 Å². The Morgan fingerprint density at radius 3 is 2.50 bits per heavy atom. The van der Waals surface area contributed by atoms with Crippen LogP contribution in [0.5, 0.6) is 0 Å². The molecule has 1 N–H and O–H groups in total. The number of ether oxygens (including phenoxy) is 1. The first-order valence-electron chi connectivity index (χ1n) is 6.53. The van der Waals surface area contributed by atoms with Crippen molar-refractivity contribution < 1.29 is 14.3 Å². The Kier molecular flexibility index (Phi) is 4.23. The molecule has 0 aromatic heterocycles. The molecule has 100 valence electrons. The van der Waals surface area contributed by atoms with Crippen LogP contribution >= 0.6 is 0 Å². The van der Waals surface area contributed by atoms with Crippen molar-refractivity contribution >= 4 is 12.0 Å². The van der Waals surface area contributed by atoms with Crippen molar-refractivity contribution in [3.8, 4) is 0 Å². The third kappa shape index (κ3) is 3.48. The van der Waals surface area contributed by atoms with Gasteiger partial charge in [-0.05, 0) is 25.7 Å². The largest absolute Gasteiger partial charge is 0.445 e. The van der Waals surface area contributed by atoms with Crippen LogP contribution in [0.1, 0.15) is 25.7 Å². The van der Waals surface area contributed by atoms with Gasteiger partial charge < -0.3 is 15.0 Å². The molecule has 5 heteroatoms. The highest BCUT2D eigenvalue weighted by molar-refractivity contribution is 5.81. The lowest BCUT2D eigenvalue weighted by molar-refractivity contribution is -0.133. The average molecular weight is 252 g/mol. The molecular weight excluding hydrogens is 232 g/mol. The highest BCUT2D eigenvalue weighted by Gasteiger charge is 2.35. The third-order valence-electron chi connectivity index (χ3n) is 3.39. The van der Waals surface area contributed by atoms with Gasteiger partial charge in [-0.3, -0.25) is 4.79 Å². The van der Waals surface area contributed by atoms with Gasteiger partial charge in [0.2, 0.25) is 5.91 Å². The standard InChI is InChI=1S/C13H20N2O3/c1-2-9-18-13(17)14-11-5-7-15(8-6-11)12(16)10-3-4-10/h2,10-11H,1,3-9H2,(H,14,17). The Morgan fingerprint density at radius 1 is 1.28 bits per heavy atom. The number of nitrogens with one attached hydrogen (secondary N) is 1. The maximum absolute atomic E-state index is 11.8. The SMILES string of the molecule is C=CCOC(=O)NC1CCN(C(=O)C2CC2)CC1. The maximum atomic E-state index is 11.8. The summed E-state index contributed by atoms with van der Waals surface area (Å²) in [7, 11) is 0. The van der Waals surface area contributed by atoms with Gasteiger partial charge in [0.25, 0.3) is 0 Å². The maximum Gasteiger partial charge on any atom is 0.407 e. The van der Waals surface area contributed by atoms with Crippen LogP contribution in [0.25, 0.3) is 0 Å². The Balaban J connectivity index is 1.67. The Hall–Kier alpha value is -1.52. The first-order valence-corrected chi connectivity index (χ1v) is 6.53. The van der Waals surface area contributed by atoms with Crippen LogP contribution in [0, 0.1) is 5.92 Å². The first kappa shape index (κ1) is 12.9. The summed E-state index contributed by atoms with van der Waals surface area (Å²) in [6, 6.07) is 0.116. The third-order valence-corrected chi connectivity index (χ3v) is 3.39. The van der Waals surface area contributed by atoms with Gasteiger partial charge in [0.05, 0.1) is 0 Å². The fraction of sp³-hybridized carbons (Fsp3) is 0.692. The van der Waals surface area contributed by atoms with Crippen LogP contribution in [-0.2, 0) is 9.53 Å². The fourth-order valence-corrected chi connectivity index (χ4v) is 2.18. The number of amides is 2. The van der Waals surface area contributed by atoms with Gasteiger partial charge >= 0.3 is 6.09 Å².